The minimum Gasteiger partial charge on any atom is -0.371 e. The number of allylic oxidation sites excluding steroid dienone is 1. The van der Waals surface area contributed by atoms with Gasteiger partial charge in [-0.3, -0.25) is 4.79 Å². The minimum absolute atomic E-state index is 0.000839. The highest BCUT2D eigenvalue weighted by Crippen LogP contribution is 2.55. The Morgan fingerprint density at radius 1 is 1.09 bits per heavy atom. The molecule has 2 fully saturated rings. The van der Waals surface area contributed by atoms with Crippen LogP contribution in [0.4, 0.5) is 5.69 Å². The van der Waals surface area contributed by atoms with Gasteiger partial charge in [0.1, 0.15) is 6.07 Å². The molecule has 23 heavy (non-hydrogen) atoms. The Balaban J connectivity index is 1.67. The number of carbonyl (C=O) groups is 1. The van der Waals surface area contributed by atoms with Gasteiger partial charge in [0.05, 0.1) is 5.57 Å². The third-order valence-electron chi connectivity index (χ3n) is 6.06. The van der Waals surface area contributed by atoms with Crippen LogP contribution in [0.1, 0.15) is 38.5 Å². The quantitative estimate of drug-likeness (QED) is 0.791. The molecule has 0 bridgehead atoms. The summed E-state index contributed by atoms with van der Waals surface area (Å²) in [5.74, 6) is 0.126. The van der Waals surface area contributed by atoms with Crippen molar-refractivity contribution < 1.29 is 4.79 Å². The van der Waals surface area contributed by atoms with E-state index in [1.54, 1.807) is 0 Å². The zero-order valence-corrected chi connectivity index (χ0v) is 13.4. The first-order valence-corrected chi connectivity index (χ1v) is 8.64. The molecule has 2 spiro atoms. The maximum atomic E-state index is 12.8. The fraction of sp³-hybridized carbons (Fsp3) is 0.500. The largest absolute Gasteiger partial charge is 0.371 e. The van der Waals surface area contributed by atoms with E-state index >= 15 is 0 Å². The molecule has 1 unspecified atom stereocenters. The average molecular weight is 306 g/mol. The summed E-state index contributed by atoms with van der Waals surface area (Å²) in [5, 5.41) is 9.48. The van der Waals surface area contributed by atoms with E-state index in [1.165, 1.54) is 5.69 Å². The van der Waals surface area contributed by atoms with Gasteiger partial charge in [-0.1, -0.05) is 37.1 Å². The van der Waals surface area contributed by atoms with E-state index < -0.39 is 0 Å². The van der Waals surface area contributed by atoms with Crippen LogP contribution in [-0.4, -0.2) is 18.9 Å². The van der Waals surface area contributed by atoms with Crippen LogP contribution in [0.2, 0.25) is 0 Å². The number of rotatable bonds is 1. The molecular formula is C20H22N2O. The lowest BCUT2D eigenvalue weighted by Gasteiger charge is -2.41. The Hall–Kier alpha value is -2.08. The molecule has 2 aliphatic carbocycles. The van der Waals surface area contributed by atoms with Gasteiger partial charge >= 0.3 is 0 Å². The van der Waals surface area contributed by atoms with Crippen molar-refractivity contribution in [1.82, 2.24) is 0 Å². The van der Waals surface area contributed by atoms with Crippen molar-refractivity contribution in [3.05, 3.63) is 42.0 Å². The van der Waals surface area contributed by atoms with Crippen LogP contribution in [0.25, 0.3) is 0 Å². The van der Waals surface area contributed by atoms with Crippen LogP contribution in [0.5, 0.6) is 0 Å². The zero-order valence-electron chi connectivity index (χ0n) is 13.4. The molecule has 3 aliphatic rings. The van der Waals surface area contributed by atoms with Crippen LogP contribution < -0.4 is 4.90 Å². The molecule has 1 atom stereocenters. The van der Waals surface area contributed by atoms with Gasteiger partial charge in [0.2, 0.25) is 0 Å². The van der Waals surface area contributed by atoms with Gasteiger partial charge in [-0.05, 0) is 37.8 Å². The third kappa shape index (κ3) is 2.28. The molecule has 1 aromatic rings. The van der Waals surface area contributed by atoms with Crippen molar-refractivity contribution in [3.63, 3.8) is 0 Å². The van der Waals surface area contributed by atoms with Crippen molar-refractivity contribution in [2.75, 3.05) is 18.0 Å². The summed E-state index contributed by atoms with van der Waals surface area (Å²) in [6.07, 6.45) is 8.19. The number of nitriles is 1. The Kier molecular flexibility index (Phi) is 3.30. The summed E-state index contributed by atoms with van der Waals surface area (Å²) in [6.45, 7) is 1.93. The number of para-hydroxylation sites is 1. The predicted molar refractivity (Wildman–Crippen MR) is 89.9 cm³/mol. The highest BCUT2D eigenvalue weighted by molar-refractivity contribution is 6.04. The lowest BCUT2D eigenvalue weighted by molar-refractivity contribution is -0.126. The molecule has 0 aromatic heterocycles. The van der Waals surface area contributed by atoms with Crippen LogP contribution in [0.15, 0.2) is 42.0 Å². The molecule has 0 radical (unpaired) electrons. The van der Waals surface area contributed by atoms with Crippen LogP contribution in [0, 0.1) is 22.2 Å². The van der Waals surface area contributed by atoms with E-state index in [0.717, 1.165) is 51.6 Å². The van der Waals surface area contributed by atoms with Gasteiger partial charge < -0.3 is 4.90 Å². The summed E-state index contributed by atoms with van der Waals surface area (Å²) < 4.78 is 0. The SMILES string of the molecule is N#CC1=CC2(CCN(c3ccccc3)C2)CC2(CCCC2)C1=O. The molecule has 0 amide bonds. The number of benzene rings is 1. The normalized spacial score (nSPS) is 29.1. The Morgan fingerprint density at radius 2 is 1.83 bits per heavy atom. The molecule has 3 heteroatoms. The molecule has 1 aromatic carbocycles. The Bertz CT molecular complexity index is 694. The molecular weight excluding hydrogens is 284 g/mol. The zero-order chi connectivity index (χ0) is 15.9. The van der Waals surface area contributed by atoms with Crippen molar-refractivity contribution >= 4 is 11.5 Å². The van der Waals surface area contributed by atoms with Crippen LogP contribution in [-0.2, 0) is 4.79 Å². The molecule has 1 heterocycles. The molecule has 0 N–H and O–H groups in total. The summed E-state index contributed by atoms with van der Waals surface area (Å²) in [5.41, 5.74) is 1.42. The van der Waals surface area contributed by atoms with Crippen molar-refractivity contribution in [2.45, 2.75) is 38.5 Å². The standard InChI is InChI=1S/C20H22N2O/c21-13-16-12-19(14-20(18(16)23)8-4-5-9-20)10-11-22(15-19)17-6-2-1-3-7-17/h1-3,6-7,12H,4-5,8-11,14-15H2. The lowest BCUT2D eigenvalue weighted by atomic mass is 9.61. The van der Waals surface area contributed by atoms with Gasteiger partial charge in [-0.2, -0.15) is 5.26 Å². The van der Waals surface area contributed by atoms with Crippen molar-refractivity contribution in [3.8, 4) is 6.07 Å². The second kappa shape index (κ2) is 5.23. The fourth-order valence-corrected chi connectivity index (χ4v) is 5.02. The van der Waals surface area contributed by atoms with E-state index in [1.807, 2.05) is 12.1 Å². The summed E-state index contributed by atoms with van der Waals surface area (Å²) in [7, 11) is 0. The topological polar surface area (TPSA) is 44.1 Å². The minimum atomic E-state index is -0.244. The molecule has 4 rings (SSSR count). The molecule has 1 saturated carbocycles. The molecule has 1 saturated heterocycles. The van der Waals surface area contributed by atoms with Crippen LogP contribution in [0.3, 0.4) is 0 Å². The average Bonchev–Trinajstić information content (AvgIpc) is 3.21. The van der Waals surface area contributed by atoms with E-state index in [0.29, 0.717) is 5.57 Å². The maximum absolute atomic E-state index is 12.8. The number of nitrogens with zero attached hydrogens (tertiary/aromatic N) is 2. The summed E-state index contributed by atoms with van der Waals surface area (Å²) in [4.78, 5) is 15.2. The second-order valence-electron chi connectivity index (χ2n) is 7.53. The number of ketones is 1. The third-order valence-corrected chi connectivity index (χ3v) is 6.06. The van der Waals surface area contributed by atoms with Crippen molar-refractivity contribution in [1.29, 1.82) is 5.26 Å². The van der Waals surface area contributed by atoms with Gasteiger partial charge in [-0.25, -0.2) is 0 Å². The number of carbonyl (C=O) groups excluding carboxylic acids is 1. The highest BCUT2D eigenvalue weighted by atomic mass is 16.1. The number of anilines is 1. The van der Waals surface area contributed by atoms with E-state index in [9.17, 15) is 10.1 Å². The van der Waals surface area contributed by atoms with Crippen molar-refractivity contribution in [2.24, 2.45) is 10.8 Å². The summed E-state index contributed by atoms with van der Waals surface area (Å²) >= 11 is 0. The maximum Gasteiger partial charge on any atom is 0.179 e. The monoisotopic (exact) mass is 306 g/mol. The number of hydrogen-bond donors (Lipinski definition) is 0. The van der Waals surface area contributed by atoms with E-state index in [2.05, 4.69) is 35.2 Å². The fourth-order valence-electron chi connectivity index (χ4n) is 5.02. The smallest absolute Gasteiger partial charge is 0.179 e. The molecule has 3 nitrogen and oxygen atoms in total. The van der Waals surface area contributed by atoms with Crippen LogP contribution >= 0.6 is 0 Å². The Labute approximate surface area is 137 Å². The molecule has 118 valence electrons. The van der Waals surface area contributed by atoms with E-state index in [-0.39, 0.29) is 16.6 Å². The predicted octanol–water partition coefficient (Wildman–Crippen LogP) is 3.87. The van der Waals surface area contributed by atoms with Gasteiger partial charge in [0, 0.05) is 29.6 Å². The second-order valence-corrected chi connectivity index (χ2v) is 7.53. The first-order valence-electron chi connectivity index (χ1n) is 8.64. The first-order chi connectivity index (χ1) is 11.2. The van der Waals surface area contributed by atoms with E-state index in [4.69, 9.17) is 0 Å². The number of hydrogen-bond acceptors (Lipinski definition) is 3. The van der Waals surface area contributed by atoms with Gasteiger partial charge in [0.25, 0.3) is 0 Å². The summed E-state index contributed by atoms with van der Waals surface area (Å²) in [6, 6.07) is 12.7. The highest BCUT2D eigenvalue weighted by Gasteiger charge is 2.53. The van der Waals surface area contributed by atoms with Gasteiger partial charge in [0.15, 0.2) is 5.78 Å². The Morgan fingerprint density at radius 3 is 2.52 bits per heavy atom. The van der Waals surface area contributed by atoms with Gasteiger partial charge in [-0.15, -0.1) is 0 Å². The number of Topliss-reactive ketones (excluding diaryl/α,β-unsaturated/α-hetero) is 1. The lowest BCUT2D eigenvalue weighted by Crippen LogP contribution is -2.42. The first kappa shape index (κ1) is 14.5. The molecule has 1 aliphatic heterocycles.